The summed E-state index contributed by atoms with van der Waals surface area (Å²) in [6, 6.07) is 21.3. The fourth-order valence-electron chi connectivity index (χ4n) is 5.13. The molecule has 3 aliphatic rings. The van der Waals surface area contributed by atoms with Crippen LogP contribution >= 0.6 is 0 Å². The Hall–Kier alpha value is -2.63. The van der Waals surface area contributed by atoms with Crippen LogP contribution in [0.25, 0.3) is 0 Å². The second-order valence-corrected chi connectivity index (χ2v) is 9.53. The van der Waals surface area contributed by atoms with E-state index < -0.39 is 5.60 Å². The Labute approximate surface area is 178 Å². The Morgan fingerprint density at radius 1 is 0.933 bits per heavy atom. The highest BCUT2D eigenvalue weighted by Gasteiger charge is 2.60. The molecule has 5 rings (SSSR count). The predicted molar refractivity (Wildman–Crippen MR) is 117 cm³/mol. The highest BCUT2D eigenvalue weighted by Crippen LogP contribution is 2.47. The molecule has 3 heterocycles. The normalized spacial score (nSPS) is 29.0. The minimum Gasteiger partial charge on any atom is -0.444 e. The van der Waals surface area contributed by atoms with Crippen molar-refractivity contribution in [2.24, 2.45) is 0 Å². The number of nitrogens with zero attached hydrogens (tertiary/aromatic N) is 1. The number of benzene rings is 2. The lowest BCUT2D eigenvalue weighted by molar-refractivity contribution is 0.0207. The van der Waals surface area contributed by atoms with Gasteiger partial charge < -0.3 is 4.74 Å². The molecule has 0 unspecified atom stereocenters. The maximum Gasteiger partial charge on any atom is 0.411 e. The van der Waals surface area contributed by atoms with Gasteiger partial charge in [0.05, 0.1) is 29.8 Å². The number of hydrogen-bond donors (Lipinski definition) is 2. The van der Waals surface area contributed by atoms with E-state index in [1.807, 2.05) is 37.8 Å². The first kappa shape index (κ1) is 19.3. The number of carbonyl (C=O) groups is 1. The molecule has 2 aromatic rings. The molecule has 0 radical (unpaired) electrons. The van der Waals surface area contributed by atoms with Gasteiger partial charge in [-0.25, -0.2) is 4.79 Å². The SMILES string of the molecule is CC(C)(C)OC(=O)N1[C@@H]2C=C[C@H]1C1(C2)N[C@H](c2ccccc2)[C@@H](c2ccccc2)N1. The van der Waals surface area contributed by atoms with Crippen LogP contribution in [0.2, 0.25) is 0 Å². The molecule has 156 valence electrons. The molecule has 1 spiro atoms. The molecule has 4 atom stereocenters. The van der Waals surface area contributed by atoms with Gasteiger partial charge in [-0.2, -0.15) is 0 Å². The summed E-state index contributed by atoms with van der Waals surface area (Å²) >= 11 is 0. The average molecular weight is 404 g/mol. The second-order valence-electron chi connectivity index (χ2n) is 9.53. The number of carbonyl (C=O) groups excluding carboxylic acids is 1. The lowest BCUT2D eigenvalue weighted by Gasteiger charge is -2.34. The van der Waals surface area contributed by atoms with Gasteiger partial charge in [0.1, 0.15) is 5.60 Å². The molecular weight excluding hydrogens is 374 g/mol. The molecule has 2 N–H and O–H groups in total. The van der Waals surface area contributed by atoms with Crippen molar-refractivity contribution in [1.82, 2.24) is 15.5 Å². The summed E-state index contributed by atoms with van der Waals surface area (Å²) in [7, 11) is 0. The van der Waals surface area contributed by atoms with Crippen molar-refractivity contribution < 1.29 is 9.53 Å². The standard InChI is InChI=1S/C25H29N3O2/c1-24(2,3)30-23(29)28-19-14-15-20(28)25(16-19)26-21(17-10-6-4-7-11-17)22(27-25)18-12-8-5-9-13-18/h4-15,19-22,26-27H,16H2,1-3H3/t19-,20+,21-,22-/m1/s1. The highest BCUT2D eigenvalue weighted by atomic mass is 16.6. The fraction of sp³-hybridized carbons (Fsp3) is 0.400. The third kappa shape index (κ3) is 3.22. The minimum absolute atomic E-state index is 0.0378. The van der Waals surface area contributed by atoms with Gasteiger partial charge in [0.2, 0.25) is 0 Å². The van der Waals surface area contributed by atoms with Gasteiger partial charge >= 0.3 is 6.09 Å². The average Bonchev–Trinajstić information content (AvgIpc) is 3.39. The van der Waals surface area contributed by atoms with E-state index in [1.54, 1.807) is 0 Å². The molecule has 1 amide bonds. The molecule has 2 bridgehead atoms. The van der Waals surface area contributed by atoms with Crippen LogP contribution in [0.15, 0.2) is 72.8 Å². The van der Waals surface area contributed by atoms with Gasteiger partial charge in [-0.05, 0) is 31.9 Å². The van der Waals surface area contributed by atoms with Gasteiger partial charge in [0.15, 0.2) is 0 Å². The molecule has 30 heavy (non-hydrogen) atoms. The van der Waals surface area contributed by atoms with Gasteiger partial charge in [0, 0.05) is 6.42 Å². The summed E-state index contributed by atoms with van der Waals surface area (Å²) in [5.74, 6) is 0. The molecule has 5 nitrogen and oxygen atoms in total. The van der Waals surface area contributed by atoms with E-state index in [4.69, 9.17) is 4.74 Å². The van der Waals surface area contributed by atoms with E-state index in [0.29, 0.717) is 0 Å². The topological polar surface area (TPSA) is 53.6 Å². The van der Waals surface area contributed by atoms with Gasteiger partial charge in [-0.15, -0.1) is 0 Å². The number of fused-ring (bicyclic) bond motifs is 3. The van der Waals surface area contributed by atoms with Crippen molar-refractivity contribution in [2.45, 2.75) is 62.6 Å². The maximum absolute atomic E-state index is 13.0. The number of rotatable bonds is 2. The van der Waals surface area contributed by atoms with Crippen molar-refractivity contribution in [1.29, 1.82) is 0 Å². The van der Waals surface area contributed by atoms with Gasteiger partial charge in [-0.1, -0.05) is 72.8 Å². The molecule has 3 aliphatic heterocycles. The third-order valence-corrected chi connectivity index (χ3v) is 6.29. The molecule has 2 fully saturated rings. The first-order valence-electron chi connectivity index (χ1n) is 10.7. The fourth-order valence-corrected chi connectivity index (χ4v) is 5.13. The quantitative estimate of drug-likeness (QED) is 0.734. The predicted octanol–water partition coefficient (Wildman–Crippen LogP) is 4.31. The molecule has 5 heteroatoms. The van der Waals surface area contributed by atoms with Crippen LogP contribution in [0.5, 0.6) is 0 Å². The van der Waals surface area contributed by atoms with Crippen molar-refractivity contribution in [2.75, 3.05) is 0 Å². The zero-order chi connectivity index (χ0) is 20.9. The van der Waals surface area contributed by atoms with Crippen LogP contribution < -0.4 is 10.6 Å². The summed E-state index contributed by atoms with van der Waals surface area (Å²) in [6.07, 6.45) is 4.85. The summed E-state index contributed by atoms with van der Waals surface area (Å²) in [6.45, 7) is 5.74. The zero-order valence-electron chi connectivity index (χ0n) is 17.7. The van der Waals surface area contributed by atoms with Crippen LogP contribution in [0.3, 0.4) is 0 Å². The number of hydrogen-bond acceptors (Lipinski definition) is 4. The van der Waals surface area contributed by atoms with Crippen molar-refractivity contribution in [3.63, 3.8) is 0 Å². The van der Waals surface area contributed by atoms with Crippen LogP contribution in [0.1, 0.15) is 50.4 Å². The van der Waals surface area contributed by atoms with E-state index >= 15 is 0 Å². The van der Waals surface area contributed by atoms with E-state index in [-0.39, 0.29) is 35.9 Å². The summed E-state index contributed by atoms with van der Waals surface area (Å²) in [5, 5.41) is 7.80. The zero-order valence-corrected chi connectivity index (χ0v) is 17.7. The molecule has 0 saturated carbocycles. The molecule has 0 aliphatic carbocycles. The van der Waals surface area contributed by atoms with Crippen molar-refractivity contribution in [3.05, 3.63) is 83.9 Å². The van der Waals surface area contributed by atoms with Crippen LogP contribution in [-0.4, -0.2) is 34.3 Å². The first-order valence-corrected chi connectivity index (χ1v) is 10.7. The van der Waals surface area contributed by atoms with E-state index in [2.05, 4.69) is 71.3 Å². The lowest BCUT2D eigenvalue weighted by Crippen LogP contribution is -2.58. The van der Waals surface area contributed by atoms with Gasteiger partial charge in [0.25, 0.3) is 0 Å². The number of amides is 1. The third-order valence-electron chi connectivity index (χ3n) is 6.29. The van der Waals surface area contributed by atoms with Crippen LogP contribution in [0.4, 0.5) is 4.79 Å². The molecule has 2 aromatic carbocycles. The Balaban J connectivity index is 1.48. The molecular formula is C25H29N3O2. The first-order chi connectivity index (χ1) is 14.4. The summed E-state index contributed by atoms with van der Waals surface area (Å²) in [4.78, 5) is 14.9. The van der Waals surface area contributed by atoms with Crippen LogP contribution in [0, 0.1) is 0 Å². The Morgan fingerprint density at radius 3 is 1.97 bits per heavy atom. The highest BCUT2D eigenvalue weighted by molar-refractivity contribution is 5.72. The Bertz CT molecular complexity index is 904. The number of nitrogens with one attached hydrogen (secondary N) is 2. The van der Waals surface area contributed by atoms with E-state index in [1.165, 1.54) is 11.1 Å². The smallest absolute Gasteiger partial charge is 0.411 e. The Morgan fingerprint density at radius 2 is 1.47 bits per heavy atom. The van der Waals surface area contributed by atoms with Crippen molar-refractivity contribution >= 4 is 6.09 Å². The second kappa shape index (κ2) is 6.96. The monoisotopic (exact) mass is 403 g/mol. The lowest BCUT2D eigenvalue weighted by atomic mass is 9.95. The van der Waals surface area contributed by atoms with Crippen LogP contribution in [-0.2, 0) is 4.74 Å². The van der Waals surface area contributed by atoms with E-state index in [0.717, 1.165) is 6.42 Å². The molecule has 2 saturated heterocycles. The van der Waals surface area contributed by atoms with Gasteiger partial charge in [-0.3, -0.25) is 15.5 Å². The number of ether oxygens (including phenoxy) is 1. The summed E-state index contributed by atoms with van der Waals surface area (Å²) in [5.41, 5.74) is 1.59. The summed E-state index contributed by atoms with van der Waals surface area (Å²) < 4.78 is 5.72. The van der Waals surface area contributed by atoms with E-state index in [9.17, 15) is 4.79 Å². The largest absolute Gasteiger partial charge is 0.444 e. The molecule has 0 aromatic heterocycles. The maximum atomic E-state index is 13.0. The Kier molecular flexibility index (Phi) is 4.49. The van der Waals surface area contributed by atoms with Crippen molar-refractivity contribution in [3.8, 4) is 0 Å². The minimum atomic E-state index is -0.512.